The van der Waals surface area contributed by atoms with Crippen LogP contribution in [0.5, 0.6) is 0 Å². The molecule has 0 amide bonds. The molecule has 150 valence electrons. The first-order chi connectivity index (χ1) is 12.6. The van der Waals surface area contributed by atoms with Gasteiger partial charge >= 0.3 is 0 Å². The van der Waals surface area contributed by atoms with E-state index in [0.717, 1.165) is 30.1 Å². The molecular formula is C22H34FN3S. The molecule has 0 bridgehead atoms. The summed E-state index contributed by atoms with van der Waals surface area (Å²) in [5.74, 6) is -0.189. The number of piperidine rings is 1. The molecule has 1 aliphatic carbocycles. The van der Waals surface area contributed by atoms with Crippen molar-refractivity contribution in [1.82, 2.24) is 15.5 Å². The predicted octanol–water partition coefficient (Wildman–Crippen LogP) is 4.75. The molecule has 0 unspecified atom stereocenters. The minimum Gasteiger partial charge on any atom is -0.360 e. The zero-order chi connectivity index (χ0) is 19.7. The summed E-state index contributed by atoms with van der Waals surface area (Å²) in [6.45, 7) is 9.80. The van der Waals surface area contributed by atoms with Gasteiger partial charge in [-0.3, -0.25) is 0 Å². The molecule has 3 nitrogen and oxygen atoms in total. The van der Waals surface area contributed by atoms with E-state index in [1.54, 1.807) is 0 Å². The van der Waals surface area contributed by atoms with E-state index in [0.29, 0.717) is 12.1 Å². The van der Waals surface area contributed by atoms with Crippen molar-refractivity contribution in [1.29, 1.82) is 0 Å². The second kappa shape index (κ2) is 8.04. The van der Waals surface area contributed by atoms with E-state index in [1.165, 1.54) is 37.8 Å². The summed E-state index contributed by atoms with van der Waals surface area (Å²) in [7, 11) is 0. The number of benzene rings is 1. The van der Waals surface area contributed by atoms with Crippen LogP contribution in [-0.2, 0) is 6.54 Å². The summed E-state index contributed by atoms with van der Waals surface area (Å²) in [5.41, 5.74) is 1.28. The topological polar surface area (TPSA) is 27.3 Å². The number of rotatable bonds is 4. The molecule has 0 atom stereocenters. The van der Waals surface area contributed by atoms with Crippen LogP contribution in [0.15, 0.2) is 24.3 Å². The summed E-state index contributed by atoms with van der Waals surface area (Å²) >= 11 is 5.89. The van der Waals surface area contributed by atoms with Gasteiger partial charge in [-0.1, -0.05) is 25.0 Å². The number of thiocarbonyl (C=S) groups is 1. The Bertz CT molecular complexity index is 634. The first-order valence-corrected chi connectivity index (χ1v) is 10.7. The quantitative estimate of drug-likeness (QED) is 0.724. The molecule has 5 heteroatoms. The molecule has 2 N–H and O–H groups in total. The maximum Gasteiger partial charge on any atom is 0.169 e. The summed E-state index contributed by atoms with van der Waals surface area (Å²) < 4.78 is 13.3. The van der Waals surface area contributed by atoms with Crippen molar-refractivity contribution in [3.63, 3.8) is 0 Å². The molecule has 1 heterocycles. The highest BCUT2D eigenvalue weighted by Crippen LogP contribution is 2.30. The molecule has 1 aliphatic heterocycles. The highest BCUT2D eigenvalue weighted by Gasteiger charge is 2.38. The van der Waals surface area contributed by atoms with Crippen LogP contribution < -0.4 is 10.6 Å². The van der Waals surface area contributed by atoms with E-state index in [2.05, 4.69) is 43.2 Å². The molecule has 1 aromatic rings. The van der Waals surface area contributed by atoms with Gasteiger partial charge in [-0.25, -0.2) is 4.39 Å². The Hall–Kier alpha value is -1.20. The van der Waals surface area contributed by atoms with E-state index in [9.17, 15) is 4.39 Å². The molecule has 0 radical (unpaired) electrons. The SMILES string of the molecule is CC1(C)CC(NC(=S)N(Cc2ccc(F)cc2)C2CCCC2)CC(C)(C)N1. The summed E-state index contributed by atoms with van der Waals surface area (Å²) in [6.07, 6.45) is 7.00. The van der Waals surface area contributed by atoms with Crippen LogP contribution in [-0.4, -0.2) is 33.2 Å². The normalized spacial score (nSPS) is 22.6. The minimum atomic E-state index is -0.189. The lowest BCUT2D eigenvalue weighted by Crippen LogP contribution is -2.63. The van der Waals surface area contributed by atoms with Gasteiger partial charge in [0.05, 0.1) is 0 Å². The Labute approximate surface area is 169 Å². The standard InChI is InChI=1S/C22H34FN3S/c1-21(2)13-18(14-22(3,4)25-21)24-20(27)26(19-7-5-6-8-19)15-16-9-11-17(23)12-10-16/h9-12,18-19,25H,5-8,13-15H2,1-4H3,(H,24,27). The van der Waals surface area contributed by atoms with Gasteiger partial charge in [-0.05, 0) is 83.3 Å². The van der Waals surface area contributed by atoms with Crippen LogP contribution in [0.2, 0.25) is 0 Å². The van der Waals surface area contributed by atoms with Crippen molar-refractivity contribution in [3.05, 3.63) is 35.6 Å². The van der Waals surface area contributed by atoms with Gasteiger partial charge in [-0.2, -0.15) is 0 Å². The number of hydrogen-bond acceptors (Lipinski definition) is 2. The molecule has 0 spiro atoms. The maximum atomic E-state index is 13.3. The Balaban J connectivity index is 1.71. The van der Waals surface area contributed by atoms with Crippen molar-refractivity contribution in [2.45, 2.75) is 95.9 Å². The lowest BCUT2D eigenvalue weighted by atomic mass is 9.80. The van der Waals surface area contributed by atoms with Gasteiger partial charge in [-0.15, -0.1) is 0 Å². The van der Waals surface area contributed by atoms with E-state index < -0.39 is 0 Å². The fraction of sp³-hybridized carbons (Fsp3) is 0.682. The van der Waals surface area contributed by atoms with Gasteiger partial charge in [0.2, 0.25) is 0 Å². The zero-order valence-electron chi connectivity index (χ0n) is 17.1. The van der Waals surface area contributed by atoms with E-state index in [1.807, 2.05) is 12.1 Å². The van der Waals surface area contributed by atoms with Crippen LogP contribution in [0.25, 0.3) is 0 Å². The summed E-state index contributed by atoms with van der Waals surface area (Å²) in [5, 5.41) is 8.27. The van der Waals surface area contributed by atoms with Gasteiger partial charge < -0.3 is 15.5 Å². The summed E-state index contributed by atoms with van der Waals surface area (Å²) in [4.78, 5) is 2.34. The fourth-order valence-electron chi connectivity index (χ4n) is 5.05. The van der Waals surface area contributed by atoms with Gasteiger partial charge in [0.25, 0.3) is 0 Å². The zero-order valence-corrected chi connectivity index (χ0v) is 18.0. The maximum absolute atomic E-state index is 13.3. The molecule has 1 saturated heterocycles. The van der Waals surface area contributed by atoms with Crippen molar-refractivity contribution in [3.8, 4) is 0 Å². The van der Waals surface area contributed by atoms with Crippen molar-refractivity contribution >= 4 is 17.3 Å². The largest absolute Gasteiger partial charge is 0.360 e. The van der Waals surface area contributed by atoms with E-state index >= 15 is 0 Å². The fourth-order valence-corrected chi connectivity index (χ4v) is 5.43. The monoisotopic (exact) mass is 391 g/mol. The highest BCUT2D eigenvalue weighted by atomic mass is 32.1. The van der Waals surface area contributed by atoms with E-state index in [-0.39, 0.29) is 16.9 Å². The number of halogens is 1. The second-order valence-corrected chi connectivity index (χ2v) is 10.0. The van der Waals surface area contributed by atoms with E-state index in [4.69, 9.17) is 12.2 Å². The molecule has 1 aromatic carbocycles. The molecule has 1 saturated carbocycles. The third-order valence-electron chi connectivity index (χ3n) is 5.81. The van der Waals surface area contributed by atoms with Crippen molar-refractivity contribution in [2.24, 2.45) is 0 Å². The molecule has 2 aliphatic rings. The highest BCUT2D eigenvalue weighted by molar-refractivity contribution is 7.80. The van der Waals surface area contributed by atoms with Crippen LogP contribution in [0, 0.1) is 5.82 Å². The minimum absolute atomic E-state index is 0.0875. The predicted molar refractivity (Wildman–Crippen MR) is 114 cm³/mol. The third-order valence-corrected chi connectivity index (χ3v) is 6.16. The smallest absolute Gasteiger partial charge is 0.169 e. The molecule has 3 rings (SSSR count). The van der Waals surface area contributed by atoms with Crippen LogP contribution in [0.1, 0.15) is 71.8 Å². The number of hydrogen-bond donors (Lipinski definition) is 2. The number of nitrogens with one attached hydrogen (secondary N) is 2. The number of nitrogens with zero attached hydrogens (tertiary/aromatic N) is 1. The van der Waals surface area contributed by atoms with Crippen LogP contribution >= 0.6 is 12.2 Å². The first kappa shape index (κ1) is 20.5. The second-order valence-electron chi connectivity index (χ2n) is 9.64. The van der Waals surface area contributed by atoms with Crippen molar-refractivity contribution in [2.75, 3.05) is 0 Å². The summed E-state index contributed by atoms with van der Waals surface area (Å²) in [6, 6.07) is 7.67. The average Bonchev–Trinajstić information content (AvgIpc) is 3.05. The van der Waals surface area contributed by atoms with Gasteiger partial charge in [0.15, 0.2) is 5.11 Å². The van der Waals surface area contributed by atoms with Gasteiger partial charge in [0.1, 0.15) is 5.82 Å². The molecule has 2 fully saturated rings. The van der Waals surface area contributed by atoms with Crippen LogP contribution in [0.3, 0.4) is 0 Å². The van der Waals surface area contributed by atoms with Crippen molar-refractivity contribution < 1.29 is 4.39 Å². The van der Waals surface area contributed by atoms with Gasteiger partial charge in [0, 0.05) is 29.7 Å². The third kappa shape index (κ3) is 5.64. The molecule has 0 aromatic heterocycles. The Morgan fingerprint density at radius 1 is 1.11 bits per heavy atom. The Kier molecular flexibility index (Phi) is 6.11. The molecular weight excluding hydrogens is 357 g/mol. The van der Waals surface area contributed by atoms with Crippen LogP contribution in [0.4, 0.5) is 4.39 Å². The Morgan fingerprint density at radius 3 is 2.22 bits per heavy atom. The lowest BCUT2D eigenvalue weighted by Gasteiger charge is -2.47. The lowest BCUT2D eigenvalue weighted by molar-refractivity contribution is 0.152. The average molecular weight is 392 g/mol. The molecule has 27 heavy (non-hydrogen) atoms. The first-order valence-electron chi connectivity index (χ1n) is 10.2. The Morgan fingerprint density at radius 2 is 1.67 bits per heavy atom.